The van der Waals surface area contributed by atoms with Crippen molar-refractivity contribution in [1.82, 2.24) is 4.90 Å². The van der Waals surface area contributed by atoms with Gasteiger partial charge in [0.05, 0.1) is 18.8 Å². The van der Waals surface area contributed by atoms with Gasteiger partial charge in [-0.3, -0.25) is 4.90 Å². The first kappa shape index (κ1) is 15.5. The van der Waals surface area contributed by atoms with Crippen LogP contribution < -0.4 is 0 Å². The Hall–Kier alpha value is -0.910. The van der Waals surface area contributed by atoms with Gasteiger partial charge in [-0.05, 0) is 43.5 Å². The second-order valence-electron chi connectivity index (χ2n) is 5.32. The number of nitrogens with zero attached hydrogens (tertiary/aromatic N) is 1. The molecule has 110 valence electrons. The van der Waals surface area contributed by atoms with Gasteiger partial charge >= 0.3 is 5.97 Å². The minimum Gasteiger partial charge on any atom is -0.465 e. The van der Waals surface area contributed by atoms with E-state index in [0.29, 0.717) is 11.5 Å². The summed E-state index contributed by atoms with van der Waals surface area (Å²) in [4.78, 5) is 13.8. The van der Waals surface area contributed by atoms with E-state index in [1.807, 2.05) is 13.0 Å². The van der Waals surface area contributed by atoms with Crippen LogP contribution in [0, 0.1) is 5.92 Å². The van der Waals surface area contributed by atoms with Crippen LogP contribution in [0.5, 0.6) is 0 Å². The lowest BCUT2D eigenvalue weighted by Gasteiger charge is -2.18. The molecule has 0 aromatic heterocycles. The molecule has 1 aromatic rings. The number of hydrogen-bond donors (Lipinski definition) is 1. The normalized spacial score (nSPS) is 20.9. The van der Waals surface area contributed by atoms with E-state index in [2.05, 4.69) is 20.8 Å². The molecule has 1 fully saturated rings. The molecule has 1 aromatic carbocycles. The van der Waals surface area contributed by atoms with Crippen LogP contribution >= 0.6 is 15.9 Å². The molecule has 0 aliphatic carbocycles. The Morgan fingerprint density at radius 1 is 1.60 bits per heavy atom. The van der Waals surface area contributed by atoms with Crippen molar-refractivity contribution < 1.29 is 14.6 Å². The van der Waals surface area contributed by atoms with Crippen LogP contribution in [0.25, 0.3) is 0 Å². The van der Waals surface area contributed by atoms with Gasteiger partial charge in [-0.2, -0.15) is 0 Å². The number of rotatable bonds is 4. The summed E-state index contributed by atoms with van der Waals surface area (Å²) in [6.07, 6.45) is 0.792. The number of carbonyl (C=O) groups excluding carboxylic acids is 1. The molecule has 5 heteroatoms. The summed E-state index contributed by atoms with van der Waals surface area (Å²) in [5.41, 5.74) is 1.69. The number of aliphatic hydroxyl groups excluding tert-OH is 1. The maximum atomic E-state index is 11.5. The summed E-state index contributed by atoms with van der Waals surface area (Å²) in [6, 6.07) is 5.53. The molecule has 2 rings (SSSR count). The fourth-order valence-electron chi connectivity index (χ4n) is 2.56. The molecular weight excluding hydrogens is 322 g/mol. The number of ether oxygens (including phenoxy) is 1. The van der Waals surface area contributed by atoms with E-state index < -0.39 is 0 Å². The Morgan fingerprint density at radius 3 is 2.90 bits per heavy atom. The lowest BCUT2D eigenvalue weighted by Crippen LogP contribution is -2.24. The number of esters is 1. The standard InChI is InChI=1S/C15H20BrNO3/c1-10(18)12-5-6-17(8-12)9-13-4-3-11(7-14(13)16)15(19)20-2/h3-4,7,10,12,18H,5-6,8-9H2,1-2H3. The van der Waals surface area contributed by atoms with Crippen LogP contribution in [0.2, 0.25) is 0 Å². The highest BCUT2D eigenvalue weighted by molar-refractivity contribution is 9.10. The minimum atomic E-state index is -0.326. The predicted molar refractivity (Wildman–Crippen MR) is 80.5 cm³/mol. The molecule has 2 atom stereocenters. The van der Waals surface area contributed by atoms with Crippen molar-refractivity contribution in [1.29, 1.82) is 0 Å². The third-order valence-electron chi connectivity index (χ3n) is 3.86. The zero-order valence-electron chi connectivity index (χ0n) is 11.8. The largest absolute Gasteiger partial charge is 0.465 e. The molecule has 1 N–H and O–H groups in total. The molecule has 1 aliphatic rings. The average molecular weight is 342 g/mol. The Bertz CT molecular complexity index is 490. The van der Waals surface area contributed by atoms with E-state index in [0.717, 1.165) is 36.1 Å². The first-order valence-corrected chi connectivity index (χ1v) is 7.57. The van der Waals surface area contributed by atoms with Crippen LogP contribution in [0.4, 0.5) is 0 Å². The second-order valence-corrected chi connectivity index (χ2v) is 6.18. The molecule has 1 saturated heterocycles. The molecule has 0 radical (unpaired) electrons. The van der Waals surface area contributed by atoms with Crippen LogP contribution in [0.1, 0.15) is 29.3 Å². The highest BCUT2D eigenvalue weighted by Gasteiger charge is 2.26. The molecule has 1 heterocycles. The van der Waals surface area contributed by atoms with E-state index in [9.17, 15) is 9.90 Å². The number of benzene rings is 1. The first-order valence-electron chi connectivity index (χ1n) is 6.78. The number of likely N-dealkylation sites (tertiary alicyclic amines) is 1. The molecule has 4 nitrogen and oxygen atoms in total. The summed E-state index contributed by atoms with van der Waals surface area (Å²) in [5, 5.41) is 9.63. The van der Waals surface area contributed by atoms with Gasteiger partial charge in [0.2, 0.25) is 0 Å². The van der Waals surface area contributed by atoms with E-state index in [4.69, 9.17) is 4.74 Å². The molecule has 2 unspecified atom stereocenters. The van der Waals surface area contributed by atoms with Gasteiger partial charge < -0.3 is 9.84 Å². The Balaban J connectivity index is 2.02. The predicted octanol–water partition coefficient (Wildman–Crippen LogP) is 2.44. The average Bonchev–Trinajstić information content (AvgIpc) is 2.89. The van der Waals surface area contributed by atoms with Crippen molar-refractivity contribution in [3.63, 3.8) is 0 Å². The summed E-state index contributed by atoms with van der Waals surface area (Å²) in [5.74, 6) is 0.0377. The highest BCUT2D eigenvalue weighted by atomic mass is 79.9. The maximum absolute atomic E-state index is 11.5. The van der Waals surface area contributed by atoms with E-state index in [1.54, 1.807) is 12.1 Å². The van der Waals surface area contributed by atoms with E-state index in [1.165, 1.54) is 7.11 Å². The third kappa shape index (κ3) is 3.59. The molecule has 1 aliphatic heterocycles. The fraction of sp³-hybridized carbons (Fsp3) is 0.533. The van der Waals surface area contributed by atoms with Gasteiger partial charge in [-0.15, -0.1) is 0 Å². The molecular formula is C15H20BrNO3. The Kier molecular flexibility index (Phi) is 5.18. The highest BCUT2D eigenvalue weighted by Crippen LogP contribution is 2.25. The molecule has 0 bridgehead atoms. The van der Waals surface area contributed by atoms with Crippen LogP contribution in [0.3, 0.4) is 0 Å². The van der Waals surface area contributed by atoms with E-state index in [-0.39, 0.29) is 12.1 Å². The SMILES string of the molecule is COC(=O)c1ccc(CN2CCC(C(C)O)C2)c(Br)c1. The minimum absolute atomic E-state index is 0.245. The quantitative estimate of drug-likeness (QED) is 0.854. The van der Waals surface area contributed by atoms with Gasteiger partial charge in [0.1, 0.15) is 0 Å². The monoisotopic (exact) mass is 341 g/mol. The summed E-state index contributed by atoms with van der Waals surface area (Å²) >= 11 is 3.51. The topological polar surface area (TPSA) is 49.8 Å². The van der Waals surface area contributed by atoms with Gasteiger partial charge in [0.25, 0.3) is 0 Å². The fourth-order valence-corrected chi connectivity index (χ4v) is 3.07. The molecule has 0 spiro atoms. The molecule has 0 amide bonds. The zero-order chi connectivity index (χ0) is 14.7. The van der Waals surface area contributed by atoms with Crippen molar-refractivity contribution in [3.8, 4) is 0 Å². The summed E-state index contributed by atoms with van der Waals surface area (Å²) < 4.78 is 5.62. The Morgan fingerprint density at radius 2 is 2.35 bits per heavy atom. The van der Waals surface area contributed by atoms with Crippen molar-refractivity contribution in [3.05, 3.63) is 33.8 Å². The van der Waals surface area contributed by atoms with Gasteiger partial charge in [0.15, 0.2) is 0 Å². The van der Waals surface area contributed by atoms with Crippen LogP contribution in [-0.2, 0) is 11.3 Å². The smallest absolute Gasteiger partial charge is 0.337 e. The zero-order valence-corrected chi connectivity index (χ0v) is 13.4. The van der Waals surface area contributed by atoms with Crippen molar-refractivity contribution in [2.45, 2.75) is 26.0 Å². The number of methoxy groups -OCH3 is 1. The number of halogens is 1. The molecule has 20 heavy (non-hydrogen) atoms. The summed E-state index contributed by atoms with van der Waals surface area (Å²) in [7, 11) is 1.38. The number of hydrogen-bond acceptors (Lipinski definition) is 4. The van der Waals surface area contributed by atoms with Crippen LogP contribution in [-0.4, -0.2) is 42.3 Å². The van der Waals surface area contributed by atoms with Gasteiger partial charge in [0, 0.05) is 17.6 Å². The van der Waals surface area contributed by atoms with Gasteiger partial charge in [-0.25, -0.2) is 4.79 Å². The lowest BCUT2D eigenvalue weighted by atomic mass is 10.0. The third-order valence-corrected chi connectivity index (χ3v) is 4.60. The Labute approximate surface area is 127 Å². The maximum Gasteiger partial charge on any atom is 0.337 e. The number of carbonyl (C=O) groups is 1. The van der Waals surface area contributed by atoms with Crippen LogP contribution in [0.15, 0.2) is 22.7 Å². The number of aliphatic hydroxyl groups is 1. The second kappa shape index (κ2) is 6.70. The molecule has 0 saturated carbocycles. The van der Waals surface area contributed by atoms with E-state index >= 15 is 0 Å². The van der Waals surface area contributed by atoms with Crippen molar-refractivity contribution in [2.24, 2.45) is 5.92 Å². The van der Waals surface area contributed by atoms with Crippen molar-refractivity contribution >= 4 is 21.9 Å². The van der Waals surface area contributed by atoms with Gasteiger partial charge in [-0.1, -0.05) is 22.0 Å². The van der Waals surface area contributed by atoms with Crippen molar-refractivity contribution in [2.75, 3.05) is 20.2 Å². The lowest BCUT2D eigenvalue weighted by molar-refractivity contribution is 0.0600. The first-order chi connectivity index (χ1) is 9.51. The summed E-state index contributed by atoms with van der Waals surface area (Å²) in [6.45, 7) is 4.60.